The van der Waals surface area contributed by atoms with Crippen LogP contribution >= 0.6 is 0 Å². The summed E-state index contributed by atoms with van der Waals surface area (Å²) in [4.78, 5) is 0. The van der Waals surface area contributed by atoms with E-state index in [9.17, 15) is 0 Å². The van der Waals surface area contributed by atoms with Crippen LogP contribution in [0.25, 0.3) is 0 Å². The van der Waals surface area contributed by atoms with Crippen LogP contribution in [0.2, 0.25) is 19.1 Å². The molecule has 0 fully saturated rings. The van der Waals surface area contributed by atoms with Crippen LogP contribution in [0.1, 0.15) is 32.8 Å². The predicted molar refractivity (Wildman–Crippen MR) is 73.1 cm³/mol. The number of benzene rings is 1. The summed E-state index contributed by atoms with van der Waals surface area (Å²) in [6.07, 6.45) is 1.21. The fourth-order valence-electron chi connectivity index (χ4n) is 2.24. The molecule has 0 heterocycles. The van der Waals surface area contributed by atoms with Gasteiger partial charge in [0, 0.05) is 0 Å². The van der Waals surface area contributed by atoms with Gasteiger partial charge in [-0.25, -0.2) is 0 Å². The van der Waals surface area contributed by atoms with Crippen molar-refractivity contribution in [2.45, 2.75) is 51.9 Å². The van der Waals surface area contributed by atoms with Gasteiger partial charge in [0.15, 0.2) is 8.32 Å². The quantitative estimate of drug-likeness (QED) is 0.681. The van der Waals surface area contributed by atoms with Gasteiger partial charge in [-0.3, -0.25) is 0 Å². The lowest BCUT2D eigenvalue weighted by Gasteiger charge is -2.35. The number of rotatable bonds is 5. The van der Waals surface area contributed by atoms with Crippen LogP contribution in [0, 0.1) is 0 Å². The predicted octanol–water partition coefficient (Wildman–Crippen LogP) is 4.55. The van der Waals surface area contributed by atoms with E-state index in [-0.39, 0.29) is 5.60 Å². The lowest BCUT2D eigenvalue weighted by molar-refractivity contribution is 0.0976. The molecule has 0 atom stereocenters. The molecule has 1 rings (SSSR count). The molecule has 0 unspecified atom stereocenters. The van der Waals surface area contributed by atoms with E-state index in [1.54, 1.807) is 0 Å². The molecule has 0 amide bonds. The maximum absolute atomic E-state index is 6.39. The molecule has 90 valence electrons. The Kier molecular flexibility index (Phi) is 4.33. The maximum Gasteiger partial charge on any atom is 0.187 e. The minimum atomic E-state index is -1.52. The van der Waals surface area contributed by atoms with Crippen LogP contribution in [-0.4, -0.2) is 8.32 Å². The molecule has 0 aliphatic carbocycles. The molecule has 0 saturated carbocycles. The van der Waals surface area contributed by atoms with E-state index in [4.69, 9.17) is 4.43 Å². The summed E-state index contributed by atoms with van der Waals surface area (Å²) in [7, 11) is -1.52. The minimum absolute atomic E-state index is 0.161. The summed E-state index contributed by atoms with van der Waals surface area (Å²) in [5.41, 5.74) is 1.11. The molecule has 0 aliphatic heterocycles. The zero-order valence-corrected chi connectivity index (χ0v) is 12.2. The third-order valence-corrected chi connectivity index (χ3v) is 5.62. The SMILES string of the molecule is CCC[Si](C)(C)OC(C)(C)c1ccccc1. The lowest BCUT2D eigenvalue weighted by atomic mass is 9.99. The summed E-state index contributed by atoms with van der Waals surface area (Å²) in [6, 6.07) is 11.7. The zero-order chi connectivity index (χ0) is 12.2. The van der Waals surface area contributed by atoms with Crippen LogP contribution in [0.3, 0.4) is 0 Å². The summed E-state index contributed by atoms with van der Waals surface area (Å²) >= 11 is 0. The van der Waals surface area contributed by atoms with Gasteiger partial charge in [-0.05, 0) is 38.5 Å². The molecule has 0 bridgehead atoms. The van der Waals surface area contributed by atoms with Crippen LogP contribution in [0.5, 0.6) is 0 Å². The lowest BCUT2D eigenvalue weighted by Crippen LogP contribution is -2.39. The van der Waals surface area contributed by atoms with E-state index >= 15 is 0 Å². The average Bonchev–Trinajstić information content (AvgIpc) is 2.17. The molecule has 0 radical (unpaired) electrons. The Morgan fingerprint density at radius 1 is 1.12 bits per heavy atom. The van der Waals surface area contributed by atoms with Gasteiger partial charge >= 0.3 is 0 Å². The van der Waals surface area contributed by atoms with Crippen molar-refractivity contribution in [3.05, 3.63) is 35.9 Å². The zero-order valence-electron chi connectivity index (χ0n) is 11.2. The van der Waals surface area contributed by atoms with Gasteiger partial charge < -0.3 is 4.43 Å². The third-order valence-electron chi connectivity index (χ3n) is 2.85. The molecular weight excluding hydrogens is 212 g/mol. The van der Waals surface area contributed by atoms with Crippen molar-refractivity contribution in [2.75, 3.05) is 0 Å². The number of hydrogen-bond donors (Lipinski definition) is 0. The van der Waals surface area contributed by atoms with Gasteiger partial charge in [-0.2, -0.15) is 0 Å². The Labute approximate surface area is 101 Å². The highest BCUT2D eigenvalue weighted by Gasteiger charge is 2.31. The van der Waals surface area contributed by atoms with Crippen molar-refractivity contribution < 1.29 is 4.43 Å². The first kappa shape index (κ1) is 13.5. The first-order valence-corrected chi connectivity index (χ1v) is 9.24. The van der Waals surface area contributed by atoms with Crippen molar-refractivity contribution in [1.82, 2.24) is 0 Å². The Balaban J connectivity index is 2.79. The highest BCUT2D eigenvalue weighted by Crippen LogP contribution is 2.30. The van der Waals surface area contributed by atoms with Crippen molar-refractivity contribution >= 4 is 8.32 Å². The van der Waals surface area contributed by atoms with Crippen LogP contribution in [0.15, 0.2) is 30.3 Å². The molecule has 2 heteroatoms. The highest BCUT2D eigenvalue weighted by atomic mass is 28.4. The first-order valence-electron chi connectivity index (χ1n) is 6.13. The third kappa shape index (κ3) is 3.76. The molecule has 0 saturated heterocycles. The Hall–Kier alpha value is -0.603. The Morgan fingerprint density at radius 3 is 2.19 bits per heavy atom. The molecule has 0 N–H and O–H groups in total. The summed E-state index contributed by atoms with van der Waals surface area (Å²) in [5, 5.41) is 0. The molecule has 0 aliphatic rings. The largest absolute Gasteiger partial charge is 0.408 e. The van der Waals surface area contributed by atoms with Crippen molar-refractivity contribution in [3.8, 4) is 0 Å². The Morgan fingerprint density at radius 2 is 1.69 bits per heavy atom. The Bertz CT molecular complexity index is 317. The summed E-state index contributed by atoms with van der Waals surface area (Å²) < 4.78 is 6.39. The summed E-state index contributed by atoms with van der Waals surface area (Å²) in [5.74, 6) is 0. The van der Waals surface area contributed by atoms with E-state index < -0.39 is 8.32 Å². The van der Waals surface area contributed by atoms with E-state index in [0.717, 1.165) is 0 Å². The van der Waals surface area contributed by atoms with E-state index in [1.165, 1.54) is 18.0 Å². The van der Waals surface area contributed by atoms with Gasteiger partial charge in [-0.1, -0.05) is 43.7 Å². The molecule has 1 nitrogen and oxygen atoms in total. The molecule has 0 spiro atoms. The second kappa shape index (κ2) is 5.15. The highest BCUT2D eigenvalue weighted by molar-refractivity contribution is 6.71. The van der Waals surface area contributed by atoms with Crippen molar-refractivity contribution in [1.29, 1.82) is 0 Å². The topological polar surface area (TPSA) is 9.23 Å². The van der Waals surface area contributed by atoms with Crippen LogP contribution in [-0.2, 0) is 10.0 Å². The second-order valence-corrected chi connectivity index (χ2v) is 9.71. The van der Waals surface area contributed by atoms with E-state index in [1.807, 2.05) is 6.07 Å². The van der Waals surface area contributed by atoms with Crippen molar-refractivity contribution in [2.24, 2.45) is 0 Å². The average molecular weight is 236 g/mol. The monoisotopic (exact) mass is 236 g/mol. The van der Waals surface area contributed by atoms with E-state index in [2.05, 4.69) is 58.1 Å². The van der Waals surface area contributed by atoms with Crippen LogP contribution < -0.4 is 0 Å². The fourth-order valence-corrected chi connectivity index (χ4v) is 5.05. The van der Waals surface area contributed by atoms with Crippen molar-refractivity contribution in [3.63, 3.8) is 0 Å². The standard InChI is InChI=1S/C14H24OSi/c1-6-12-16(4,5)15-14(2,3)13-10-8-7-9-11-13/h7-11H,6,12H2,1-5H3. The molecule has 1 aromatic carbocycles. The van der Waals surface area contributed by atoms with Gasteiger partial charge in [-0.15, -0.1) is 0 Å². The first-order chi connectivity index (χ1) is 7.37. The summed E-state index contributed by atoms with van der Waals surface area (Å²) in [6.45, 7) is 11.2. The van der Waals surface area contributed by atoms with Gasteiger partial charge in [0.1, 0.15) is 0 Å². The smallest absolute Gasteiger partial charge is 0.187 e. The van der Waals surface area contributed by atoms with Gasteiger partial charge in [0.2, 0.25) is 0 Å². The molecule has 1 aromatic rings. The van der Waals surface area contributed by atoms with Crippen LogP contribution in [0.4, 0.5) is 0 Å². The molecule has 16 heavy (non-hydrogen) atoms. The maximum atomic E-state index is 6.39. The minimum Gasteiger partial charge on any atom is -0.408 e. The molecular formula is C14H24OSi. The fraction of sp³-hybridized carbons (Fsp3) is 0.571. The van der Waals surface area contributed by atoms with Gasteiger partial charge in [0.25, 0.3) is 0 Å². The van der Waals surface area contributed by atoms with Gasteiger partial charge in [0.05, 0.1) is 5.60 Å². The number of hydrogen-bond acceptors (Lipinski definition) is 1. The molecule has 0 aromatic heterocycles. The normalized spacial score (nSPS) is 12.8. The second-order valence-electron chi connectivity index (χ2n) is 5.49. The van der Waals surface area contributed by atoms with E-state index in [0.29, 0.717) is 0 Å².